The van der Waals surface area contributed by atoms with Crippen molar-refractivity contribution < 1.29 is 8.95 Å². The van der Waals surface area contributed by atoms with Crippen LogP contribution in [0.25, 0.3) is 0 Å². The van der Waals surface area contributed by atoms with Crippen LogP contribution in [0.4, 0.5) is 5.69 Å². The average Bonchev–Trinajstić information content (AvgIpc) is 2.42. The molecule has 1 atom stereocenters. The second kappa shape index (κ2) is 6.21. The highest BCUT2D eigenvalue weighted by Crippen LogP contribution is 2.26. The SMILES string of the molecule is COc1ccc(N)c(S(=O)Cc2ccccc2Br)c1. The largest absolute Gasteiger partial charge is 0.497 e. The van der Waals surface area contributed by atoms with Gasteiger partial charge in [-0.25, -0.2) is 0 Å². The summed E-state index contributed by atoms with van der Waals surface area (Å²) in [6, 6.07) is 12.9. The van der Waals surface area contributed by atoms with Gasteiger partial charge in [0.2, 0.25) is 0 Å². The monoisotopic (exact) mass is 339 g/mol. The molecule has 2 aromatic rings. The zero-order valence-corrected chi connectivity index (χ0v) is 12.8. The molecule has 2 N–H and O–H groups in total. The summed E-state index contributed by atoms with van der Waals surface area (Å²) in [6.45, 7) is 0. The van der Waals surface area contributed by atoms with Crippen LogP contribution in [0, 0.1) is 0 Å². The van der Waals surface area contributed by atoms with Gasteiger partial charge in [0.05, 0.1) is 28.6 Å². The van der Waals surface area contributed by atoms with Crippen molar-refractivity contribution >= 4 is 32.4 Å². The Morgan fingerprint density at radius 3 is 2.68 bits per heavy atom. The summed E-state index contributed by atoms with van der Waals surface area (Å²) >= 11 is 3.45. The number of benzene rings is 2. The molecule has 0 aromatic heterocycles. The molecule has 0 aliphatic heterocycles. The minimum atomic E-state index is -1.20. The normalized spacial score (nSPS) is 12.1. The molecule has 5 heteroatoms. The van der Waals surface area contributed by atoms with Gasteiger partial charge < -0.3 is 10.5 Å². The molecule has 19 heavy (non-hydrogen) atoms. The molecule has 0 spiro atoms. The van der Waals surface area contributed by atoms with Gasteiger partial charge >= 0.3 is 0 Å². The second-order valence-electron chi connectivity index (χ2n) is 3.99. The first-order valence-corrected chi connectivity index (χ1v) is 7.78. The maximum absolute atomic E-state index is 12.4. The third kappa shape index (κ3) is 3.36. The minimum absolute atomic E-state index is 0.415. The molecule has 0 saturated carbocycles. The van der Waals surface area contributed by atoms with Gasteiger partial charge in [-0.05, 0) is 29.8 Å². The first kappa shape index (κ1) is 14.1. The van der Waals surface area contributed by atoms with E-state index in [4.69, 9.17) is 10.5 Å². The van der Waals surface area contributed by atoms with E-state index in [0.717, 1.165) is 10.0 Å². The predicted molar refractivity (Wildman–Crippen MR) is 81.7 cm³/mol. The van der Waals surface area contributed by atoms with Crippen molar-refractivity contribution in [1.82, 2.24) is 0 Å². The van der Waals surface area contributed by atoms with E-state index < -0.39 is 10.8 Å². The van der Waals surface area contributed by atoms with Gasteiger partial charge in [0, 0.05) is 10.2 Å². The highest BCUT2D eigenvalue weighted by molar-refractivity contribution is 9.10. The predicted octanol–water partition coefficient (Wildman–Crippen LogP) is 3.35. The summed E-state index contributed by atoms with van der Waals surface area (Å²) in [5.41, 5.74) is 7.38. The molecule has 0 aliphatic carbocycles. The van der Waals surface area contributed by atoms with Crippen molar-refractivity contribution in [3.8, 4) is 5.75 Å². The number of ether oxygens (including phenoxy) is 1. The van der Waals surface area contributed by atoms with E-state index >= 15 is 0 Å². The van der Waals surface area contributed by atoms with E-state index in [1.165, 1.54) is 0 Å². The number of anilines is 1. The third-order valence-corrected chi connectivity index (χ3v) is 4.90. The summed E-state index contributed by atoms with van der Waals surface area (Å²) in [7, 11) is 0.372. The Bertz CT molecular complexity index is 616. The van der Waals surface area contributed by atoms with E-state index in [2.05, 4.69) is 15.9 Å². The molecular weight excluding hydrogens is 326 g/mol. The van der Waals surface area contributed by atoms with Crippen LogP contribution in [0.2, 0.25) is 0 Å². The van der Waals surface area contributed by atoms with Crippen LogP contribution in [0.5, 0.6) is 5.75 Å². The zero-order valence-electron chi connectivity index (χ0n) is 10.4. The number of hydrogen-bond acceptors (Lipinski definition) is 3. The Morgan fingerprint density at radius 1 is 1.26 bits per heavy atom. The number of methoxy groups -OCH3 is 1. The topological polar surface area (TPSA) is 52.3 Å². The third-order valence-electron chi connectivity index (χ3n) is 2.71. The molecule has 1 unspecified atom stereocenters. The number of hydrogen-bond donors (Lipinski definition) is 1. The van der Waals surface area contributed by atoms with Crippen molar-refractivity contribution in [2.24, 2.45) is 0 Å². The van der Waals surface area contributed by atoms with E-state index in [0.29, 0.717) is 22.1 Å². The van der Waals surface area contributed by atoms with E-state index in [1.807, 2.05) is 24.3 Å². The Morgan fingerprint density at radius 2 is 2.00 bits per heavy atom. The lowest BCUT2D eigenvalue weighted by atomic mass is 10.2. The van der Waals surface area contributed by atoms with Crippen LogP contribution < -0.4 is 10.5 Å². The summed E-state index contributed by atoms with van der Waals surface area (Å²) in [5, 5.41) is 0. The van der Waals surface area contributed by atoms with Gasteiger partial charge in [0.15, 0.2) is 0 Å². The molecule has 0 heterocycles. The van der Waals surface area contributed by atoms with E-state index in [-0.39, 0.29) is 0 Å². The number of rotatable bonds is 4. The maximum atomic E-state index is 12.4. The molecular formula is C14H14BrNO2S. The highest BCUT2D eigenvalue weighted by Gasteiger charge is 2.11. The zero-order chi connectivity index (χ0) is 13.8. The molecule has 2 rings (SSSR count). The molecule has 0 saturated heterocycles. The van der Waals surface area contributed by atoms with E-state index in [9.17, 15) is 4.21 Å². The lowest BCUT2D eigenvalue weighted by molar-refractivity contribution is 0.413. The molecule has 0 aliphatic rings. The van der Waals surface area contributed by atoms with E-state index in [1.54, 1.807) is 25.3 Å². The van der Waals surface area contributed by atoms with Crippen molar-refractivity contribution in [3.05, 3.63) is 52.5 Å². The first-order chi connectivity index (χ1) is 9.11. The Hall–Kier alpha value is -1.33. The molecule has 0 radical (unpaired) electrons. The maximum Gasteiger partial charge on any atom is 0.120 e. The standard InChI is InChI=1S/C14H14BrNO2S/c1-18-11-6-7-13(16)14(8-11)19(17)9-10-4-2-3-5-12(10)15/h2-8H,9,16H2,1H3. The highest BCUT2D eigenvalue weighted by atomic mass is 79.9. The lowest BCUT2D eigenvalue weighted by Gasteiger charge is -2.09. The minimum Gasteiger partial charge on any atom is -0.497 e. The lowest BCUT2D eigenvalue weighted by Crippen LogP contribution is -2.02. The summed E-state index contributed by atoms with van der Waals surface area (Å²) in [6.07, 6.45) is 0. The Kier molecular flexibility index (Phi) is 4.61. The van der Waals surface area contributed by atoms with Gasteiger partial charge in [-0.1, -0.05) is 34.1 Å². The van der Waals surface area contributed by atoms with Gasteiger partial charge in [-0.15, -0.1) is 0 Å². The quantitative estimate of drug-likeness (QED) is 0.869. The van der Waals surface area contributed by atoms with Crippen molar-refractivity contribution in [3.63, 3.8) is 0 Å². The first-order valence-electron chi connectivity index (χ1n) is 5.67. The molecule has 100 valence electrons. The van der Waals surface area contributed by atoms with Crippen molar-refractivity contribution in [1.29, 1.82) is 0 Å². The fourth-order valence-electron chi connectivity index (χ4n) is 1.67. The van der Waals surface area contributed by atoms with Gasteiger partial charge in [-0.3, -0.25) is 4.21 Å². The van der Waals surface area contributed by atoms with Crippen molar-refractivity contribution in [2.45, 2.75) is 10.6 Å². The summed E-state index contributed by atoms with van der Waals surface area (Å²) in [5.74, 6) is 1.07. The molecule has 0 fully saturated rings. The number of halogens is 1. The van der Waals surface area contributed by atoms with Gasteiger partial charge in [0.1, 0.15) is 5.75 Å². The van der Waals surface area contributed by atoms with Crippen LogP contribution in [-0.4, -0.2) is 11.3 Å². The van der Waals surface area contributed by atoms with Crippen LogP contribution in [0.15, 0.2) is 51.8 Å². The van der Waals surface area contributed by atoms with Crippen molar-refractivity contribution in [2.75, 3.05) is 12.8 Å². The number of nitrogens with two attached hydrogens (primary N) is 1. The van der Waals surface area contributed by atoms with Crippen LogP contribution in [-0.2, 0) is 16.6 Å². The van der Waals surface area contributed by atoms with Gasteiger partial charge in [0.25, 0.3) is 0 Å². The molecule has 0 amide bonds. The van der Waals surface area contributed by atoms with Gasteiger partial charge in [-0.2, -0.15) is 0 Å². The second-order valence-corrected chi connectivity index (χ2v) is 6.26. The number of nitrogen functional groups attached to an aromatic ring is 1. The summed E-state index contributed by atoms with van der Waals surface area (Å²) in [4.78, 5) is 0.607. The fourth-order valence-corrected chi connectivity index (χ4v) is 3.55. The Labute approximate surface area is 123 Å². The van der Waals surface area contributed by atoms with Crippen LogP contribution in [0.3, 0.4) is 0 Å². The molecule has 3 nitrogen and oxygen atoms in total. The fraction of sp³-hybridized carbons (Fsp3) is 0.143. The summed E-state index contributed by atoms with van der Waals surface area (Å²) < 4.78 is 18.5. The van der Waals surface area contributed by atoms with Crippen LogP contribution in [0.1, 0.15) is 5.56 Å². The molecule has 0 bridgehead atoms. The molecule has 2 aromatic carbocycles. The van der Waals surface area contributed by atoms with Crippen LogP contribution >= 0.6 is 15.9 Å². The smallest absolute Gasteiger partial charge is 0.120 e. The average molecular weight is 340 g/mol. The Balaban J connectivity index is 2.28.